The van der Waals surface area contributed by atoms with Gasteiger partial charge in [-0.2, -0.15) is 0 Å². The molecule has 1 heterocycles. The number of nitrogens with one attached hydrogen (secondary N) is 1. The molecule has 126 valence electrons. The highest BCUT2D eigenvalue weighted by Crippen LogP contribution is 2.61. The SMILES string of the molecule is CCCCCC(=O)Nc1nnc(C23CC4CC(CC(C4)C2)C3)s1. The first kappa shape index (κ1) is 15.6. The largest absolute Gasteiger partial charge is 0.301 e. The summed E-state index contributed by atoms with van der Waals surface area (Å²) in [5.74, 6) is 2.83. The van der Waals surface area contributed by atoms with Crippen LogP contribution in [0.5, 0.6) is 0 Å². The van der Waals surface area contributed by atoms with E-state index in [4.69, 9.17) is 0 Å². The average Bonchev–Trinajstić information content (AvgIpc) is 2.95. The topological polar surface area (TPSA) is 54.9 Å². The molecule has 4 aliphatic rings. The monoisotopic (exact) mass is 333 g/mol. The Kier molecular flexibility index (Phi) is 4.16. The van der Waals surface area contributed by atoms with Crippen molar-refractivity contribution in [1.29, 1.82) is 0 Å². The van der Waals surface area contributed by atoms with E-state index in [1.165, 1.54) is 43.5 Å². The number of hydrogen-bond acceptors (Lipinski definition) is 4. The number of carbonyl (C=O) groups excluding carboxylic acids is 1. The maximum absolute atomic E-state index is 12.0. The van der Waals surface area contributed by atoms with Gasteiger partial charge >= 0.3 is 0 Å². The molecule has 0 aromatic carbocycles. The van der Waals surface area contributed by atoms with E-state index in [1.807, 2.05) is 0 Å². The predicted molar refractivity (Wildman–Crippen MR) is 92.5 cm³/mol. The minimum absolute atomic E-state index is 0.0895. The van der Waals surface area contributed by atoms with Crippen molar-refractivity contribution in [3.63, 3.8) is 0 Å². The number of nitrogens with zero attached hydrogens (tertiary/aromatic N) is 2. The van der Waals surface area contributed by atoms with Crippen molar-refractivity contribution >= 4 is 22.4 Å². The third-order valence-electron chi connectivity index (χ3n) is 6.17. The Balaban J connectivity index is 1.43. The molecule has 5 rings (SSSR count). The lowest BCUT2D eigenvalue weighted by molar-refractivity contribution is -0.116. The van der Waals surface area contributed by atoms with Gasteiger partial charge in [0.25, 0.3) is 0 Å². The van der Waals surface area contributed by atoms with E-state index in [0.29, 0.717) is 11.6 Å². The lowest BCUT2D eigenvalue weighted by atomic mass is 9.50. The number of carbonyl (C=O) groups is 1. The first-order chi connectivity index (χ1) is 11.2. The van der Waals surface area contributed by atoms with Gasteiger partial charge in [0.1, 0.15) is 5.01 Å². The van der Waals surface area contributed by atoms with Crippen molar-refractivity contribution in [2.45, 2.75) is 76.5 Å². The van der Waals surface area contributed by atoms with Gasteiger partial charge in [0.2, 0.25) is 11.0 Å². The van der Waals surface area contributed by atoms with Crippen LogP contribution >= 0.6 is 11.3 Å². The average molecular weight is 334 g/mol. The fourth-order valence-corrected chi connectivity index (χ4v) is 6.56. The van der Waals surface area contributed by atoms with E-state index in [9.17, 15) is 4.79 Å². The zero-order valence-corrected chi connectivity index (χ0v) is 14.8. The van der Waals surface area contributed by atoms with Crippen LogP contribution in [0.4, 0.5) is 5.13 Å². The van der Waals surface area contributed by atoms with Crippen LogP contribution in [0.25, 0.3) is 0 Å². The smallest absolute Gasteiger partial charge is 0.226 e. The van der Waals surface area contributed by atoms with E-state index < -0.39 is 0 Å². The number of aromatic nitrogens is 2. The van der Waals surface area contributed by atoms with Crippen molar-refractivity contribution in [3.05, 3.63) is 5.01 Å². The van der Waals surface area contributed by atoms with Gasteiger partial charge in [-0.05, 0) is 62.7 Å². The molecule has 1 aromatic heterocycles. The molecule has 4 bridgehead atoms. The summed E-state index contributed by atoms with van der Waals surface area (Å²) in [7, 11) is 0. The Morgan fingerprint density at radius 1 is 1.13 bits per heavy atom. The molecule has 0 atom stereocenters. The lowest BCUT2D eigenvalue weighted by Gasteiger charge is -2.55. The lowest BCUT2D eigenvalue weighted by Crippen LogP contribution is -2.48. The van der Waals surface area contributed by atoms with Crippen LogP contribution in [0.3, 0.4) is 0 Å². The molecule has 5 heteroatoms. The normalized spacial score (nSPS) is 34.7. The van der Waals surface area contributed by atoms with Gasteiger partial charge in [-0.3, -0.25) is 4.79 Å². The van der Waals surface area contributed by atoms with E-state index in [-0.39, 0.29) is 11.3 Å². The zero-order valence-electron chi connectivity index (χ0n) is 14.0. The van der Waals surface area contributed by atoms with Crippen LogP contribution in [-0.4, -0.2) is 16.1 Å². The summed E-state index contributed by atoms with van der Waals surface area (Å²) >= 11 is 1.63. The van der Waals surface area contributed by atoms with Crippen molar-refractivity contribution in [2.75, 3.05) is 5.32 Å². The molecule has 0 aliphatic heterocycles. The highest BCUT2D eigenvalue weighted by atomic mass is 32.1. The summed E-state index contributed by atoms with van der Waals surface area (Å²) in [6, 6.07) is 0. The number of hydrogen-bond donors (Lipinski definition) is 1. The quantitative estimate of drug-likeness (QED) is 0.778. The number of anilines is 1. The molecule has 1 aromatic rings. The van der Waals surface area contributed by atoms with E-state index in [2.05, 4.69) is 22.4 Å². The molecule has 0 unspecified atom stereocenters. The second kappa shape index (κ2) is 6.15. The predicted octanol–water partition coefficient (Wildman–Crippen LogP) is 4.52. The molecule has 1 N–H and O–H groups in total. The Labute approximate surface area is 142 Å². The maximum Gasteiger partial charge on any atom is 0.226 e. The molecule has 0 spiro atoms. The van der Waals surface area contributed by atoms with Crippen molar-refractivity contribution in [1.82, 2.24) is 10.2 Å². The van der Waals surface area contributed by atoms with Gasteiger partial charge in [0.05, 0.1) is 0 Å². The Bertz CT molecular complexity index is 547. The second-order valence-electron chi connectivity index (χ2n) is 8.12. The molecular formula is C18H27N3OS. The summed E-state index contributed by atoms with van der Waals surface area (Å²) in [6.07, 6.45) is 12.1. The third-order valence-corrected chi connectivity index (χ3v) is 7.26. The highest BCUT2D eigenvalue weighted by molar-refractivity contribution is 7.15. The van der Waals surface area contributed by atoms with Crippen LogP contribution in [-0.2, 0) is 10.2 Å². The summed E-state index contributed by atoms with van der Waals surface area (Å²) < 4.78 is 0. The maximum atomic E-state index is 12.0. The number of rotatable bonds is 6. The summed E-state index contributed by atoms with van der Waals surface area (Å²) in [6.45, 7) is 2.15. The van der Waals surface area contributed by atoms with E-state index in [0.717, 1.165) is 37.0 Å². The molecule has 4 aliphatic carbocycles. The summed E-state index contributed by atoms with van der Waals surface area (Å²) in [5.41, 5.74) is 0.289. The fraction of sp³-hybridized carbons (Fsp3) is 0.833. The van der Waals surface area contributed by atoms with Crippen LogP contribution in [0.15, 0.2) is 0 Å². The van der Waals surface area contributed by atoms with E-state index >= 15 is 0 Å². The van der Waals surface area contributed by atoms with Gasteiger partial charge in [0.15, 0.2) is 0 Å². The molecule has 4 fully saturated rings. The molecule has 0 saturated heterocycles. The minimum Gasteiger partial charge on any atom is -0.301 e. The third kappa shape index (κ3) is 3.04. The molecule has 0 radical (unpaired) electrons. The Hall–Kier alpha value is -0.970. The van der Waals surface area contributed by atoms with Crippen LogP contribution < -0.4 is 5.32 Å². The van der Waals surface area contributed by atoms with Crippen LogP contribution in [0.1, 0.15) is 76.1 Å². The minimum atomic E-state index is 0.0895. The number of unbranched alkanes of at least 4 members (excludes halogenated alkanes) is 2. The Morgan fingerprint density at radius 3 is 2.39 bits per heavy atom. The molecule has 4 nitrogen and oxygen atoms in total. The van der Waals surface area contributed by atoms with Crippen LogP contribution in [0, 0.1) is 17.8 Å². The van der Waals surface area contributed by atoms with Crippen molar-refractivity contribution in [3.8, 4) is 0 Å². The first-order valence-electron chi connectivity index (χ1n) is 9.31. The molecule has 4 saturated carbocycles. The molecule has 23 heavy (non-hydrogen) atoms. The van der Waals surface area contributed by atoms with Gasteiger partial charge in [0, 0.05) is 11.8 Å². The van der Waals surface area contributed by atoms with Crippen LogP contribution in [0.2, 0.25) is 0 Å². The standard InChI is InChI=1S/C18H27N3OS/c1-2-3-4-5-15(22)19-17-21-20-16(23-17)18-9-12-6-13(10-18)8-14(7-12)11-18/h12-14H,2-11H2,1H3,(H,19,21,22). The molecular weight excluding hydrogens is 306 g/mol. The van der Waals surface area contributed by atoms with Gasteiger partial charge < -0.3 is 5.32 Å². The zero-order chi connectivity index (χ0) is 15.9. The first-order valence-corrected chi connectivity index (χ1v) is 10.1. The van der Waals surface area contributed by atoms with Crippen molar-refractivity contribution < 1.29 is 4.79 Å². The van der Waals surface area contributed by atoms with Gasteiger partial charge in [-0.25, -0.2) is 0 Å². The fourth-order valence-electron chi connectivity index (χ4n) is 5.58. The van der Waals surface area contributed by atoms with Gasteiger partial charge in [-0.15, -0.1) is 10.2 Å². The Morgan fingerprint density at radius 2 is 1.78 bits per heavy atom. The second-order valence-corrected chi connectivity index (χ2v) is 9.09. The highest BCUT2D eigenvalue weighted by Gasteiger charge is 2.53. The summed E-state index contributed by atoms with van der Waals surface area (Å²) in [4.78, 5) is 12.0. The molecule has 1 amide bonds. The number of amides is 1. The van der Waals surface area contributed by atoms with Gasteiger partial charge in [-0.1, -0.05) is 31.1 Å². The van der Waals surface area contributed by atoms with Crippen molar-refractivity contribution in [2.24, 2.45) is 17.8 Å². The van der Waals surface area contributed by atoms with E-state index in [1.54, 1.807) is 11.3 Å². The summed E-state index contributed by atoms with van der Waals surface area (Å²) in [5, 5.41) is 13.6.